The lowest BCUT2D eigenvalue weighted by Crippen LogP contribution is -2.32. The standard InChI is InChI=1S/C9H18N4S/c1-3-11-6-12-5-8(14-4-2)9(10)13(12)7-11/h3-7,10H2,1-2H3. The van der Waals surface area contributed by atoms with Crippen molar-refractivity contribution in [2.75, 3.05) is 32.2 Å². The van der Waals surface area contributed by atoms with E-state index in [2.05, 4.69) is 28.8 Å². The van der Waals surface area contributed by atoms with Crippen LogP contribution >= 0.6 is 11.8 Å². The number of rotatable bonds is 3. The van der Waals surface area contributed by atoms with Crippen molar-refractivity contribution < 1.29 is 0 Å². The van der Waals surface area contributed by atoms with Gasteiger partial charge in [-0.3, -0.25) is 9.91 Å². The van der Waals surface area contributed by atoms with Gasteiger partial charge in [-0.15, -0.1) is 11.8 Å². The fraction of sp³-hybridized carbons (Fsp3) is 0.778. The van der Waals surface area contributed by atoms with Gasteiger partial charge in [-0.05, 0) is 12.3 Å². The number of hydrazine groups is 1. The van der Waals surface area contributed by atoms with Crippen LogP contribution < -0.4 is 5.73 Å². The first kappa shape index (κ1) is 10.1. The van der Waals surface area contributed by atoms with Gasteiger partial charge in [0.15, 0.2) is 0 Å². The maximum atomic E-state index is 6.08. The van der Waals surface area contributed by atoms with Crippen molar-refractivity contribution in [3.63, 3.8) is 0 Å². The Kier molecular flexibility index (Phi) is 2.90. The van der Waals surface area contributed by atoms with Crippen LogP contribution in [0.15, 0.2) is 10.7 Å². The zero-order valence-corrected chi connectivity index (χ0v) is 9.68. The molecule has 5 heteroatoms. The van der Waals surface area contributed by atoms with Crippen LogP contribution in [-0.2, 0) is 0 Å². The van der Waals surface area contributed by atoms with Crippen LogP contribution in [0.2, 0.25) is 0 Å². The van der Waals surface area contributed by atoms with E-state index in [1.165, 1.54) is 4.91 Å². The number of fused-ring (bicyclic) bond motifs is 1. The average Bonchev–Trinajstić information content (AvgIpc) is 2.69. The first-order valence-electron chi connectivity index (χ1n) is 5.12. The Hall–Kier alpha value is -0.390. The van der Waals surface area contributed by atoms with Gasteiger partial charge in [0.25, 0.3) is 0 Å². The van der Waals surface area contributed by atoms with Gasteiger partial charge in [-0.1, -0.05) is 13.8 Å². The Balaban J connectivity index is 2.04. The quantitative estimate of drug-likeness (QED) is 0.746. The summed E-state index contributed by atoms with van der Waals surface area (Å²) in [4.78, 5) is 3.71. The Morgan fingerprint density at radius 3 is 2.71 bits per heavy atom. The highest BCUT2D eigenvalue weighted by atomic mass is 32.2. The Morgan fingerprint density at radius 1 is 1.36 bits per heavy atom. The smallest absolute Gasteiger partial charge is 0.126 e. The molecule has 0 atom stereocenters. The van der Waals surface area contributed by atoms with E-state index < -0.39 is 0 Å². The Bertz CT molecular complexity index is 253. The first-order valence-corrected chi connectivity index (χ1v) is 6.11. The molecule has 0 unspecified atom stereocenters. The third kappa shape index (κ3) is 1.60. The molecular weight excluding hydrogens is 196 g/mol. The van der Waals surface area contributed by atoms with Crippen molar-refractivity contribution in [2.45, 2.75) is 13.8 Å². The molecule has 0 aromatic heterocycles. The molecular formula is C9H18N4S. The first-order chi connectivity index (χ1) is 6.76. The lowest BCUT2D eigenvalue weighted by atomic mass is 10.5. The molecule has 0 amide bonds. The summed E-state index contributed by atoms with van der Waals surface area (Å²) in [5.74, 6) is 2.07. The predicted molar refractivity (Wildman–Crippen MR) is 60.0 cm³/mol. The molecule has 0 spiro atoms. The molecule has 0 aliphatic carbocycles. The van der Waals surface area contributed by atoms with Crippen LogP contribution in [0.25, 0.3) is 0 Å². The third-order valence-electron chi connectivity index (χ3n) is 2.69. The van der Waals surface area contributed by atoms with Crippen LogP contribution in [-0.4, -0.2) is 47.1 Å². The Morgan fingerprint density at radius 2 is 2.14 bits per heavy atom. The highest BCUT2D eigenvalue weighted by molar-refractivity contribution is 8.03. The van der Waals surface area contributed by atoms with Gasteiger partial charge in [0, 0.05) is 4.91 Å². The van der Waals surface area contributed by atoms with Crippen LogP contribution in [0.1, 0.15) is 13.8 Å². The minimum absolute atomic E-state index is 0.954. The third-order valence-corrected chi connectivity index (χ3v) is 3.67. The molecule has 1 fully saturated rings. The average molecular weight is 214 g/mol. The number of thioether (sulfide) groups is 1. The zero-order chi connectivity index (χ0) is 10.1. The summed E-state index contributed by atoms with van der Waals surface area (Å²) < 4.78 is 0. The van der Waals surface area contributed by atoms with E-state index in [-0.39, 0.29) is 0 Å². The van der Waals surface area contributed by atoms with Crippen LogP contribution in [0.3, 0.4) is 0 Å². The van der Waals surface area contributed by atoms with E-state index in [1.54, 1.807) is 0 Å². The molecule has 14 heavy (non-hydrogen) atoms. The van der Waals surface area contributed by atoms with E-state index in [1.807, 2.05) is 11.8 Å². The lowest BCUT2D eigenvalue weighted by Gasteiger charge is -2.19. The summed E-state index contributed by atoms with van der Waals surface area (Å²) in [5, 5.41) is 4.51. The lowest BCUT2D eigenvalue weighted by molar-refractivity contribution is 0.101. The second kappa shape index (κ2) is 4.00. The highest BCUT2D eigenvalue weighted by Gasteiger charge is 2.35. The van der Waals surface area contributed by atoms with Crippen molar-refractivity contribution in [3.05, 3.63) is 10.7 Å². The molecule has 2 aliphatic rings. The monoisotopic (exact) mass is 214 g/mol. The molecule has 0 radical (unpaired) electrons. The van der Waals surface area contributed by atoms with Gasteiger partial charge < -0.3 is 5.73 Å². The topological polar surface area (TPSA) is 35.7 Å². The molecule has 0 saturated carbocycles. The molecule has 0 bridgehead atoms. The maximum Gasteiger partial charge on any atom is 0.126 e. The minimum Gasteiger partial charge on any atom is -0.384 e. The minimum atomic E-state index is 0.954. The van der Waals surface area contributed by atoms with E-state index >= 15 is 0 Å². The van der Waals surface area contributed by atoms with Crippen LogP contribution in [0.5, 0.6) is 0 Å². The molecule has 0 aromatic carbocycles. The number of hydrogen-bond donors (Lipinski definition) is 1. The molecule has 80 valence electrons. The summed E-state index contributed by atoms with van der Waals surface area (Å²) in [6.07, 6.45) is 0. The van der Waals surface area contributed by atoms with Gasteiger partial charge in [-0.2, -0.15) is 5.01 Å². The van der Waals surface area contributed by atoms with E-state index in [9.17, 15) is 0 Å². The van der Waals surface area contributed by atoms with Gasteiger partial charge in [0.05, 0.1) is 19.9 Å². The van der Waals surface area contributed by atoms with Crippen molar-refractivity contribution in [2.24, 2.45) is 5.73 Å². The summed E-state index contributed by atoms with van der Waals surface area (Å²) in [6, 6.07) is 0. The van der Waals surface area contributed by atoms with Gasteiger partial charge >= 0.3 is 0 Å². The zero-order valence-electron chi connectivity index (χ0n) is 8.86. The maximum absolute atomic E-state index is 6.08. The second-order valence-corrected chi connectivity index (χ2v) is 4.93. The van der Waals surface area contributed by atoms with E-state index in [0.717, 1.165) is 38.0 Å². The fourth-order valence-electron chi connectivity index (χ4n) is 1.88. The van der Waals surface area contributed by atoms with E-state index in [0.29, 0.717) is 0 Å². The summed E-state index contributed by atoms with van der Waals surface area (Å²) >= 11 is 1.87. The van der Waals surface area contributed by atoms with Gasteiger partial charge in [0.1, 0.15) is 5.82 Å². The Labute approximate surface area is 89.7 Å². The molecule has 2 heterocycles. The van der Waals surface area contributed by atoms with Gasteiger partial charge in [-0.25, -0.2) is 0 Å². The molecule has 2 rings (SSSR count). The second-order valence-electron chi connectivity index (χ2n) is 3.58. The largest absolute Gasteiger partial charge is 0.384 e. The molecule has 2 N–H and O–H groups in total. The summed E-state index contributed by atoms with van der Waals surface area (Å²) in [7, 11) is 0. The predicted octanol–water partition coefficient (Wildman–Crippen LogP) is 0.650. The van der Waals surface area contributed by atoms with Crippen LogP contribution in [0.4, 0.5) is 0 Å². The highest BCUT2D eigenvalue weighted by Crippen LogP contribution is 2.31. The van der Waals surface area contributed by atoms with Crippen LogP contribution in [0, 0.1) is 0 Å². The van der Waals surface area contributed by atoms with E-state index in [4.69, 9.17) is 5.73 Å². The SMILES string of the molecule is CCSC1=C(N)N2CN(CC)CN2C1. The molecule has 2 aliphatic heterocycles. The number of nitrogens with zero attached hydrogens (tertiary/aromatic N) is 3. The van der Waals surface area contributed by atoms with Crippen molar-refractivity contribution >= 4 is 11.8 Å². The summed E-state index contributed by atoms with van der Waals surface area (Å²) in [6.45, 7) is 8.42. The summed E-state index contributed by atoms with van der Waals surface area (Å²) in [5.41, 5.74) is 6.08. The van der Waals surface area contributed by atoms with Crippen molar-refractivity contribution in [3.8, 4) is 0 Å². The normalized spacial score (nSPS) is 23.7. The molecule has 0 aromatic rings. The van der Waals surface area contributed by atoms with Crippen molar-refractivity contribution in [1.29, 1.82) is 0 Å². The molecule has 4 nitrogen and oxygen atoms in total. The fourth-order valence-corrected chi connectivity index (χ4v) is 2.72. The van der Waals surface area contributed by atoms with Gasteiger partial charge in [0.2, 0.25) is 0 Å². The number of hydrogen-bond acceptors (Lipinski definition) is 5. The molecule has 1 saturated heterocycles. The number of nitrogens with two attached hydrogens (primary N) is 1. The van der Waals surface area contributed by atoms with Crippen molar-refractivity contribution in [1.82, 2.24) is 14.9 Å².